The average Bonchev–Trinajstić information content (AvgIpc) is 3.24. The molecule has 4 rings (SSSR count). The maximum absolute atomic E-state index is 13.5. The van der Waals surface area contributed by atoms with Crippen LogP contribution in [0.15, 0.2) is 57.7 Å². The van der Waals surface area contributed by atoms with Crippen LogP contribution in [0.5, 0.6) is 0 Å². The van der Waals surface area contributed by atoms with Crippen molar-refractivity contribution in [1.29, 1.82) is 0 Å². The Morgan fingerprint density at radius 3 is 2.70 bits per heavy atom. The highest BCUT2D eigenvalue weighted by atomic mass is 32.1. The van der Waals surface area contributed by atoms with Gasteiger partial charge in [-0.15, -0.1) is 0 Å². The van der Waals surface area contributed by atoms with Gasteiger partial charge in [0.1, 0.15) is 5.82 Å². The number of fused-ring (bicyclic) bond motifs is 1. The van der Waals surface area contributed by atoms with Crippen molar-refractivity contribution in [2.24, 2.45) is 12.0 Å². The molecule has 1 atom stereocenters. The third-order valence-corrected chi connectivity index (χ3v) is 5.71. The number of benzene rings is 1. The van der Waals surface area contributed by atoms with E-state index in [1.807, 2.05) is 0 Å². The fourth-order valence-corrected chi connectivity index (χ4v) is 4.46. The van der Waals surface area contributed by atoms with E-state index in [9.17, 15) is 14.0 Å². The maximum Gasteiger partial charge on any atom is 0.338 e. The molecule has 7 nitrogen and oxygen atoms in total. The van der Waals surface area contributed by atoms with Crippen LogP contribution in [0.4, 0.5) is 4.39 Å². The van der Waals surface area contributed by atoms with Crippen LogP contribution < -0.4 is 14.9 Å². The molecule has 0 aliphatic carbocycles. The molecule has 1 aromatic carbocycles. The Kier molecular flexibility index (Phi) is 5.21. The molecule has 0 saturated heterocycles. The number of aromatic nitrogens is 3. The van der Waals surface area contributed by atoms with Gasteiger partial charge in [0.25, 0.3) is 5.56 Å². The lowest BCUT2D eigenvalue weighted by molar-refractivity contribution is -0.139. The van der Waals surface area contributed by atoms with E-state index >= 15 is 0 Å². The first-order valence-electron chi connectivity index (χ1n) is 9.33. The van der Waals surface area contributed by atoms with Crippen LogP contribution in [0.2, 0.25) is 0 Å². The molecular formula is C21H19FN4O3S. The SMILES string of the molecule is CCOC(=O)C1=C(C)N=c2sc(=Cc3cnn(C)c3)c(=O)n2C1c1ccc(F)cc1. The van der Waals surface area contributed by atoms with Crippen LogP contribution in [0.1, 0.15) is 31.0 Å². The lowest BCUT2D eigenvalue weighted by Gasteiger charge is -2.24. The van der Waals surface area contributed by atoms with Gasteiger partial charge < -0.3 is 4.74 Å². The van der Waals surface area contributed by atoms with Gasteiger partial charge in [-0.3, -0.25) is 14.0 Å². The Morgan fingerprint density at radius 1 is 1.33 bits per heavy atom. The molecule has 30 heavy (non-hydrogen) atoms. The molecule has 154 valence electrons. The molecule has 0 N–H and O–H groups in total. The fraction of sp³-hybridized carbons (Fsp3) is 0.238. The van der Waals surface area contributed by atoms with Gasteiger partial charge in [-0.25, -0.2) is 14.2 Å². The number of carbonyl (C=O) groups is 1. The van der Waals surface area contributed by atoms with E-state index in [2.05, 4.69) is 10.1 Å². The standard InChI is InChI=1S/C21H19FN4O3S/c1-4-29-20(28)17-12(2)24-21-26(18(17)14-5-7-15(22)8-6-14)19(27)16(30-21)9-13-10-23-25(3)11-13/h5-11,18H,4H2,1-3H3. The topological polar surface area (TPSA) is 78.5 Å². The van der Waals surface area contributed by atoms with E-state index in [1.54, 1.807) is 56.2 Å². The maximum atomic E-state index is 13.5. The molecule has 3 aromatic rings. The van der Waals surface area contributed by atoms with Crippen molar-refractivity contribution >= 4 is 23.4 Å². The molecule has 0 fully saturated rings. The van der Waals surface area contributed by atoms with E-state index in [4.69, 9.17) is 4.74 Å². The lowest BCUT2D eigenvalue weighted by Crippen LogP contribution is -2.39. The normalized spacial score (nSPS) is 16.4. The third-order valence-electron chi connectivity index (χ3n) is 4.73. The quantitative estimate of drug-likeness (QED) is 0.595. The highest BCUT2D eigenvalue weighted by Gasteiger charge is 2.33. The molecule has 3 heterocycles. The van der Waals surface area contributed by atoms with Crippen molar-refractivity contribution < 1.29 is 13.9 Å². The van der Waals surface area contributed by atoms with Gasteiger partial charge in [0.05, 0.1) is 34.6 Å². The van der Waals surface area contributed by atoms with Gasteiger partial charge in [-0.1, -0.05) is 23.5 Å². The Balaban J connectivity index is 1.96. The molecule has 0 spiro atoms. The Labute approximate surface area is 175 Å². The first-order valence-corrected chi connectivity index (χ1v) is 10.1. The van der Waals surface area contributed by atoms with E-state index in [0.29, 0.717) is 20.6 Å². The van der Waals surface area contributed by atoms with Gasteiger partial charge >= 0.3 is 5.97 Å². The number of allylic oxidation sites excluding steroid dienone is 1. The second-order valence-corrected chi connectivity index (χ2v) is 7.81. The number of thiazole rings is 1. The number of ether oxygens (including phenoxy) is 1. The van der Waals surface area contributed by atoms with Gasteiger partial charge in [0, 0.05) is 18.8 Å². The molecule has 2 aromatic heterocycles. The van der Waals surface area contributed by atoms with Gasteiger partial charge in [-0.2, -0.15) is 5.10 Å². The number of hydrogen-bond acceptors (Lipinski definition) is 6. The lowest BCUT2D eigenvalue weighted by atomic mass is 9.96. The number of carbonyl (C=O) groups excluding carboxylic acids is 1. The first-order chi connectivity index (χ1) is 14.4. The number of nitrogens with zero attached hydrogens (tertiary/aromatic N) is 4. The third kappa shape index (κ3) is 3.52. The molecule has 0 radical (unpaired) electrons. The summed E-state index contributed by atoms with van der Waals surface area (Å²) in [5.41, 5.74) is 1.83. The summed E-state index contributed by atoms with van der Waals surface area (Å²) >= 11 is 1.23. The summed E-state index contributed by atoms with van der Waals surface area (Å²) < 4.78 is 22.3. The predicted molar refractivity (Wildman–Crippen MR) is 110 cm³/mol. The fourth-order valence-electron chi connectivity index (χ4n) is 3.42. The number of hydrogen-bond donors (Lipinski definition) is 0. The summed E-state index contributed by atoms with van der Waals surface area (Å²) in [5, 5.41) is 4.12. The molecule has 1 aliphatic rings. The second-order valence-electron chi connectivity index (χ2n) is 6.80. The summed E-state index contributed by atoms with van der Waals surface area (Å²) in [6.45, 7) is 3.61. The minimum atomic E-state index is -0.753. The zero-order valence-electron chi connectivity index (χ0n) is 16.6. The highest BCUT2D eigenvalue weighted by Crippen LogP contribution is 2.30. The molecule has 9 heteroatoms. The average molecular weight is 426 g/mol. The number of aryl methyl sites for hydroxylation is 1. The Hall–Kier alpha value is -3.33. The van der Waals surface area contributed by atoms with E-state index < -0.39 is 17.8 Å². The second kappa shape index (κ2) is 7.83. The van der Waals surface area contributed by atoms with E-state index in [0.717, 1.165) is 5.56 Å². The largest absolute Gasteiger partial charge is 0.463 e. The highest BCUT2D eigenvalue weighted by molar-refractivity contribution is 7.07. The summed E-state index contributed by atoms with van der Waals surface area (Å²) in [5.74, 6) is -0.948. The van der Waals surface area contributed by atoms with Crippen molar-refractivity contribution in [2.45, 2.75) is 19.9 Å². The van der Waals surface area contributed by atoms with Crippen LogP contribution in [0, 0.1) is 5.82 Å². The smallest absolute Gasteiger partial charge is 0.338 e. The number of esters is 1. The van der Waals surface area contributed by atoms with Crippen LogP contribution in [0.3, 0.4) is 0 Å². The molecule has 0 bridgehead atoms. The summed E-state index contributed by atoms with van der Waals surface area (Å²) in [6.07, 6.45) is 5.19. The van der Waals surface area contributed by atoms with Gasteiger partial charge in [0.2, 0.25) is 0 Å². The van der Waals surface area contributed by atoms with Crippen LogP contribution in [-0.2, 0) is 16.6 Å². The molecule has 0 amide bonds. The van der Waals surface area contributed by atoms with Gasteiger partial charge in [-0.05, 0) is 37.6 Å². The van der Waals surface area contributed by atoms with Crippen LogP contribution in [0.25, 0.3) is 6.08 Å². The molecular weight excluding hydrogens is 407 g/mol. The minimum absolute atomic E-state index is 0.192. The number of halogens is 1. The van der Waals surface area contributed by atoms with Crippen molar-refractivity contribution in [2.75, 3.05) is 6.61 Å². The monoisotopic (exact) mass is 426 g/mol. The van der Waals surface area contributed by atoms with Gasteiger partial charge in [0.15, 0.2) is 4.80 Å². The molecule has 1 aliphatic heterocycles. The van der Waals surface area contributed by atoms with Crippen molar-refractivity contribution in [3.63, 3.8) is 0 Å². The zero-order valence-corrected chi connectivity index (χ0v) is 17.4. The molecule has 1 unspecified atom stereocenters. The van der Waals surface area contributed by atoms with Crippen LogP contribution in [-0.4, -0.2) is 26.9 Å². The van der Waals surface area contributed by atoms with E-state index in [-0.39, 0.29) is 17.7 Å². The molecule has 0 saturated carbocycles. The van der Waals surface area contributed by atoms with Crippen molar-refractivity contribution in [3.8, 4) is 0 Å². The predicted octanol–water partition coefficient (Wildman–Crippen LogP) is 1.67. The number of rotatable bonds is 4. The summed E-state index contributed by atoms with van der Waals surface area (Å²) in [6, 6.07) is 4.99. The Bertz CT molecular complexity index is 1330. The summed E-state index contributed by atoms with van der Waals surface area (Å²) in [7, 11) is 1.79. The first kappa shape index (κ1) is 20.0. The van der Waals surface area contributed by atoms with Crippen molar-refractivity contribution in [3.05, 3.63) is 84.6 Å². The van der Waals surface area contributed by atoms with Crippen LogP contribution >= 0.6 is 11.3 Å². The minimum Gasteiger partial charge on any atom is -0.463 e. The van der Waals surface area contributed by atoms with E-state index in [1.165, 1.54) is 28.0 Å². The summed E-state index contributed by atoms with van der Waals surface area (Å²) in [4.78, 5) is 31.0. The zero-order chi connectivity index (χ0) is 21.4. The van der Waals surface area contributed by atoms with Crippen molar-refractivity contribution in [1.82, 2.24) is 14.3 Å². The Morgan fingerprint density at radius 2 is 2.07 bits per heavy atom.